The number of amides is 1. The highest BCUT2D eigenvalue weighted by Gasteiger charge is 2.34. The molecule has 6 heteroatoms. The molecule has 166 valence electrons. The van der Waals surface area contributed by atoms with Crippen LogP contribution in [-0.2, 0) is 12.0 Å². The van der Waals surface area contributed by atoms with Gasteiger partial charge in [0.05, 0.1) is 23.1 Å². The Hall–Kier alpha value is -3.77. The molecule has 0 spiro atoms. The molecule has 1 unspecified atom stereocenters. The fraction of sp³-hybridized carbons (Fsp3) is 0.222. The lowest BCUT2D eigenvalue weighted by Crippen LogP contribution is -2.43. The lowest BCUT2D eigenvalue weighted by molar-refractivity contribution is 0.0189. The Morgan fingerprint density at radius 1 is 1.06 bits per heavy atom. The Morgan fingerprint density at radius 2 is 1.79 bits per heavy atom. The summed E-state index contributed by atoms with van der Waals surface area (Å²) < 4.78 is 1.55. The van der Waals surface area contributed by atoms with Gasteiger partial charge >= 0.3 is 0 Å². The van der Waals surface area contributed by atoms with Crippen molar-refractivity contribution in [2.45, 2.75) is 31.8 Å². The number of nitrogens with one attached hydrogen (secondary N) is 1. The first-order chi connectivity index (χ1) is 16.0. The molecule has 1 heterocycles. The minimum absolute atomic E-state index is 0.145. The van der Waals surface area contributed by atoms with E-state index in [1.807, 2.05) is 42.5 Å². The molecule has 2 N–H and O–H groups in total. The Labute approximate surface area is 191 Å². The number of aliphatic hydroxyl groups is 1. The van der Waals surface area contributed by atoms with E-state index in [1.165, 1.54) is 0 Å². The number of para-hydroxylation sites is 1. The molecule has 3 aromatic carbocycles. The maximum atomic E-state index is 13.0. The molecule has 1 aliphatic carbocycles. The average Bonchev–Trinajstić information content (AvgIpc) is 2.83. The van der Waals surface area contributed by atoms with Crippen LogP contribution in [0.25, 0.3) is 16.6 Å². The zero-order valence-corrected chi connectivity index (χ0v) is 18.4. The van der Waals surface area contributed by atoms with Crippen LogP contribution in [-0.4, -0.2) is 27.1 Å². The van der Waals surface area contributed by atoms with E-state index in [1.54, 1.807) is 41.8 Å². The van der Waals surface area contributed by atoms with Crippen LogP contribution in [0.1, 0.15) is 40.2 Å². The molecule has 1 atom stereocenters. The highest BCUT2D eigenvalue weighted by atomic mass is 16.3. The molecular formula is C27H25N3O3. The van der Waals surface area contributed by atoms with E-state index in [9.17, 15) is 14.7 Å². The normalized spacial score (nSPS) is 17.5. The van der Waals surface area contributed by atoms with Gasteiger partial charge in [0, 0.05) is 5.56 Å². The zero-order valence-electron chi connectivity index (χ0n) is 18.4. The van der Waals surface area contributed by atoms with Gasteiger partial charge in [-0.3, -0.25) is 14.2 Å². The van der Waals surface area contributed by atoms with Gasteiger partial charge in [0.2, 0.25) is 0 Å². The van der Waals surface area contributed by atoms with Crippen LogP contribution < -0.4 is 10.9 Å². The molecule has 1 amide bonds. The highest BCUT2D eigenvalue weighted by molar-refractivity contribution is 5.94. The molecule has 0 bridgehead atoms. The number of aromatic nitrogens is 2. The maximum Gasteiger partial charge on any atom is 0.265 e. The third kappa shape index (κ3) is 3.83. The topological polar surface area (TPSA) is 84.2 Å². The van der Waals surface area contributed by atoms with Crippen LogP contribution >= 0.6 is 0 Å². The lowest BCUT2D eigenvalue weighted by atomic mass is 9.79. The van der Waals surface area contributed by atoms with Gasteiger partial charge in [0.1, 0.15) is 11.4 Å². The van der Waals surface area contributed by atoms with Gasteiger partial charge in [-0.25, -0.2) is 4.98 Å². The van der Waals surface area contributed by atoms with Gasteiger partial charge in [-0.2, -0.15) is 0 Å². The monoisotopic (exact) mass is 439 g/mol. The van der Waals surface area contributed by atoms with Crippen molar-refractivity contribution in [3.05, 3.63) is 106 Å². The third-order valence-corrected chi connectivity index (χ3v) is 6.43. The van der Waals surface area contributed by atoms with Gasteiger partial charge in [0.25, 0.3) is 11.5 Å². The summed E-state index contributed by atoms with van der Waals surface area (Å²) in [5.41, 5.74) is 2.59. The van der Waals surface area contributed by atoms with Crippen molar-refractivity contribution < 1.29 is 9.90 Å². The number of aryl methyl sites for hydroxylation is 2. The summed E-state index contributed by atoms with van der Waals surface area (Å²) in [6.07, 6.45) is 2.43. The largest absolute Gasteiger partial charge is 0.383 e. The molecule has 6 nitrogen and oxygen atoms in total. The number of hydrogen-bond acceptors (Lipinski definition) is 4. The fourth-order valence-corrected chi connectivity index (χ4v) is 4.72. The number of carbonyl (C=O) groups is 1. The molecule has 4 aromatic rings. The van der Waals surface area contributed by atoms with Crippen molar-refractivity contribution in [3.63, 3.8) is 0 Å². The van der Waals surface area contributed by atoms with Crippen molar-refractivity contribution in [3.8, 4) is 5.69 Å². The van der Waals surface area contributed by atoms with Crippen LogP contribution in [0.4, 0.5) is 0 Å². The minimum Gasteiger partial charge on any atom is -0.383 e. The van der Waals surface area contributed by atoms with Gasteiger partial charge in [-0.1, -0.05) is 36.4 Å². The van der Waals surface area contributed by atoms with E-state index in [0.29, 0.717) is 34.4 Å². The molecule has 0 saturated heterocycles. The molecule has 0 saturated carbocycles. The smallest absolute Gasteiger partial charge is 0.265 e. The van der Waals surface area contributed by atoms with E-state index >= 15 is 0 Å². The summed E-state index contributed by atoms with van der Waals surface area (Å²) in [4.78, 5) is 30.3. The first-order valence-electron chi connectivity index (χ1n) is 11.1. The summed E-state index contributed by atoms with van der Waals surface area (Å²) in [5.74, 6) is 0.313. The predicted molar refractivity (Wildman–Crippen MR) is 128 cm³/mol. The summed E-state index contributed by atoms with van der Waals surface area (Å²) >= 11 is 0. The zero-order chi connectivity index (χ0) is 23.0. The number of nitrogens with zero attached hydrogens (tertiary/aromatic N) is 2. The molecule has 1 aliphatic rings. The van der Waals surface area contributed by atoms with Gasteiger partial charge in [-0.05, 0) is 73.7 Å². The Morgan fingerprint density at radius 3 is 2.61 bits per heavy atom. The molecule has 1 aromatic heterocycles. The molecular weight excluding hydrogens is 414 g/mol. The number of rotatable bonds is 4. The van der Waals surface area contributed by atoms with Crippen LogP contribution in [0.5, 0.6) is 0 Å². The number of carbonyl (C=O) groups excluding carboxylic acids is 1. The SMILES string of the molecule is Cc1nc2ccccc2c(=O)n1-c1ccc(C(=O)NCC2(O)CCCc3ccccc32)cc1. The van der Waals surface area contributed by atoms with E-state index in [-0.39, 0.29) is 18.0 Å². The summed E-state index contributed by atoms with van der Waals surface area (Å²) in [6.45, 7) is 1.94. The van der Waals surface area contributed by atoms with Crippen LogP contribution in [0.15, 0.2) is 77.6 Å². The standard InChI is InChI=1S/C27H25N3O3/c1-18-29-24-11-5-3-9-22(24)26(32)30(18)21-14-12-20(13-15-21)25(31)28-17-27(33)16-6-8-19-7-2-4-10-23(19)27/h2-5,7,9-15,33H,6,8,16-17H2,1H3,(H,28,31). The van der Waals surface area contributed by atoms with Crippen molar-refractivity contribution in [2.75, 3.05) is 6.54 Å². The van der Waals surface area contributed by atoms with Crippen LogP contribution in [0, 0.1) is 6.92 Å². The predicted octanol–water partition coefficient (Wildman–Crippen LogP) is 3.65. The Balaban J connectivity index is 1.36. The van der Waals surface area contributed by atoms with E-state index in [2.05, 4.69) is 10.3 Å². The molecule has 0 fully saturated rings. The quantitative estimate of drug-likeness (QED) is 0.508. The number of fused-ring (bicyclic) bond motifs is 2. The fourth-order valence-electron chi connectivity index (χ4n) is 4.72. The Kier molecular flexibility index (Phi) is 5.30. The first-order valence-corrected chi connectivity index (χ1v) is 11.1. The van der Waals surface area contributed by atoms with Crippen molar-refractivity contribution >= 4 is 16.8 Å². The number of hydrogen-bond donors (Lipinski definition) is 2. The first kappa shape index (κ1) is 21.1. The van der Waals surface area contributed by atoms with E-state index < -0.39 is 5.60 Å². The molecule has 33 heavy (non-hydrogen) atoms. The lowest BCUT2D eigenvalue weighted by Gasteiger charge is -2.34. The maximum absolute atomic E-state index is 13.0. The van der Waals surface area contributed by atoms with Gasteiger partial charge in [0.15, 0.2) is 0 Å². The summed E-state index contributed by atoms with van der Waals surface area (Å²) in [6, 6.07) is 22.0. The van der Waals surface area contributed by atoms with Crippen molar-refractivity contribution in [1.29, 1.82) is 0 Å². The van der Waals surface area contributed by atoms with Crippen LogP contribution in [0.2, 0.25) is 0 Å². The van der Waals surface area contributed by atoms with E-state index in [4.69, 9.17) is 0 Å². The highest BCUT2D eigenvalue weighted by Crippen LogP contribution is 2.34. The summed E-state index contributed by atoms with van der Waals surface area (Å²) in [7, 11) is 0. The Bertz CT molecular complexity index is 1410. The van der Waals surface area contributed by atoms with Crippen molar-refractivity contribution in [1.82, 2.24) is 14.9 Å². The van der Waals surface area contributed by atoms with Gasteiger partial charge < -0.3 is 10.4 Å². The van der Waals surface area contributed by atoms with Crippen molar-refractivity contribution in [2.24, 2.45) is 0 Å². The summed E-state index contributed by atoms with van der Waals surface area (Å²) in [5, 5.41) is 14.6. The second kappa shape index (κ2) is 8.30. The van der Waals surface area contributed by atoms with E-state index in [0.717, 1.165) is 24.0 Å². The number of benzene rings is 3. The third-order valence-electron chi connectivity index (χ3n) is 6.43. The second-order valence-electron chi connectivity index (χ2n) is 8.59. The molecule has 5 rings (SSSR count). The average molecular weight is 440 g/mol. The minimum atomic E-state index is -1.06. The van der Waals surface area contributed by atoms with Crippen LogP contribution in [0.3, 0.4) is 0 Å². The van der Waals surface area contributed by atoms with Gasteiger partial charge in [-0.15, -0.1) is 0 Å². The molecule has 0 aliphatic heterocycles. The second-order valence-corrected chi connectivity index (χ2v) is 8.59. The molecule has 0 radical (unpaired) electrons.